The van der Waals surface area contributed by atoms with E-state index in [0.29, 0.717) is 34.8 Å². The molecule has 112 valence electrons. The van der Waals surface area contributed by atoms with Gasteiger partial charge in [-0.15, -0.1) is 0 Å². The molecule has 0 unspecified atom stereocenters. The number of fused-ring (bicyclic) bond motifs is 1. The lowest BCUT2D eigenvalue weighted by Crippen LogP contribution is -2.06. The van der Waals surface area contributed by atoms with Crippen LogP contribution in [0.25, 0.3) is 10.9 Å². The van der Waals surface area contributed by atoms with E-state index in [2.05, 4.69) is 4.98 Å². The minimum absolute atomic E-state index is 0.164. The molecule has 0 spiro atoms. The van der Waals surface area contributed by atoms with Crippen LogP contribution in [-0.2, 0) is 4.74 Å². The summed E-state index contributed by atoms with van der Waals surface area (Å²) in [5, 5.41) is 0.709. The first-order valence-corrected chi connectivity index (χ1v) is 6.42. The highest BCUT2D eigenvalue weighted by atomic mass is 16.5. The lowest BCUT2D eigenvalue weighted by Gasteiger charge is -2.13. The maximum atomic E-state index is 11.7. The highest BCUT2D eigenvalue weighted by Crippen LogP contribution is 2.35. The maximum Gasteiger partial charge on any atom is 0.356 e. The first-order valence-electron chi connectivity index (χ1n) is 6.42. The fourth-order valence-electron chi connectivity index (χ4n) is 2.00. The predicted octanol–water partition coefficient (Wildman–Crippen LogP) is 2.44. The van der Waals surface area contributed by atoms with Crippen molar-refractivity contribution in [1.82, 2.24) is 4.98 Å². The fraction of sp³-hybridized carbons (Fsp3) is 0.333. The van der Waals surface area contributed by atoms with Gasteiger partial charge in [0.05, 0.1) is 27.9 Å². The van der Waals surface area contributed by atoms with Crippen molar-refractivity contribution in [2.24, 2.45) is 0 Å². The van der Waals surface area contributed by atoms with E-state index in [1.165, 1.54) is 14.2 Å². The van der Waals surface area contributed by atoms with Crippen LogP contribution in [0.4, 0.5) is 0 Å². The van der Waals surface area contributed by atoms with Crippen LogP contribution < -0.4 is 14.2 Å². The molecule has 0 aliphatic heterocycles. The summed E-state index contributed by atoms with van der Waals surface area (Å²) in [6, 6.07) is 5.04. The predicted molar refractivity (Wildman–Crippen MR) is 77.4 cm³/mol. The van der Waals surface area contributed by atoms with E-state index >= 15 is 0 Å². The van der Waals surface area contributed by atoms with E-state index in [1.54, 1.807) is 25.3 Å². The molecule has 0 aliphatic rings. The minimum Gasteiger partial charge on any atom is -0.497 e. The zero-order valence-corrected chi connectivity index (χ0v) is 12.4. The number of ether oxygens (including phenoxy) is 4. The summed E-state index contributed by atoms with van der Waals surface area (Å²) in [4.78, 5) is 16.0. The monoisotopic (exact) mass is 291 g/mol. The third-order valence-corrected chi connectivity index (χ3v) is 2.96. The Bertz CT molecular complexity index is 669. The van der Waals surface area contributed by atoms with Crippen molar-refractivity contribution in [3.63, 3.8) is 0 Å². The summed E-state index contributed by atoms with van der Waals surface area (Å²) in [5.74, 6) is 1.11. The molecule has 0 bridgehead atoms. The largest absolute Gasteiger partial charge is 0.497 e. The first kappa shape index (κ1) is 14.9. The number of benzene rings is 1. The standard InChI is InChI=1S/C15H17NO5/c1-5-21-12-8-11(15(17)20-4)16-14-10(12)6-9(18-2)7-13(14)19-3/h6-8H,5H2,1-4H3. The molecule has 0 N–H and O–H groups in total. The van der Waals surface area contributed by atoms with Gasteiger partial charge in [0, 0.05) is 17.5 Å². The lowest BCUT2D eigenvalue weighted by molar-refractivity contribution is 0.0594. The molecule has 21 heavy (non-hydrogen) atoms. The van der Waals surface area contributed by atoms with Crippen LogP contribution >= 0.6 is 0 Å². The number of carbonyl (C=O) groups excluding carboxylic acids is 1. The van der Waals surface area contributed by atoms with Crippen LogP contribution in [0.2, 0.25) is 0 Å². The Balaban J connectivity index is 2.77. The van der Waals surface area contributed by atoms with Gasteiger partial charge in [-0.3, -0.25) is 0 Å². The Morgan fingerprint density at radius 2 is 1.86 bits per heavy atom. The number of methoxy groups -OCH3 is 3. The molecule has 0 saturated heterocycles. The topological polar surface area (TPSA) is 66.9 Å². The molecule has 6 nitrogen and oxygen atoms in total. The van der Waals surface area contributed by atoms with Crippen LogP contribution in [0.15, 0.2) is 18.2 Å². The van der Waals surface area contributed by atoms with Crippen LogP contribution in [0, 0.1) is 0 Å². The highest BCUT2D eigenvalue weighted by molar-refractivity contribution is 5.97. The molecular weight excluding hydrogens is 274 g/mol. The average Bonchev–Trinajstić information content (AvgIpc) is 2.53. The second kappa shape index (κ2) is 6.30. The van der Waals surface area contributed by atoms with Crippen LogP contribution in [0.5, 0.6) is 17.2 Å². The molecule has 0 amide bonds. The van der Waals surface area contributed by atoms with E-state index in [0.717, 1.165) is 0 Å². The van der Waals surface area contributed by atoms with Gasteiger partial charge in [0.25, 0.3) is 0 Å². The number of hydrogen-bond acceptors (Lipinski definition) is 6. The third-order valence-electron chi connectivity index (χ3n) is 2.96. The van der Waals surface area contributed by atoms with Crippen LogP contribution in [-0.4, -0.2) is 38.9 Å². The number of carbonyl (C=O) groups is 1. The maximum absolute atomic E-state index is 11.7. The summed E-state index contributed by atoms with van der Waals surface area (Å²) in [6.45, 7) is 2.32. The molecule has 0 atom stereocenters. The first-order chi connectivity index (χ1) is 10.1. The van der Waals surface area contributed by atoms with E-state index in [4.69, 9.17) is 18.9 Å². The Hall–Kier alpha value is -2.50. The number of aromatic nitrogens is 1. The number of pyridine rings is 1. The Labute approximate surface area is 122 Å². The zero-order chi connectivity index (χ0) is 15.4. The second-order valence-electron chi connectivity index (χ2n) is 4.16. The molecule has 1 heterocycles. The van der Waals surface area contributed by atoms with Gasteiger partial charge in [-0.1, -0.05) is 0 Å². The Morgan fingerprint density at radius 3 is 2.43 bits per heavy atom. The van der Waals surface area contributed by atoms with Gasteiger partial charge in [0.15, 0.2) is 5.69 Å². The lowest BCUT2D eigenvalue weighted by atomic mass is 10.1. The average molecular weight is 291 g/mol. The minimum atomic E-state index is -0.532. The summed E-state index contributed by atoms with van der Waals surface area (Å²) in [5.41, 5.74) is 0.682. The second-order valence-corrected chi connectivity index (χ2v) is 4.16. The van der Waals surface area contributed by atoms with Gasteiger partial charge in [-0.05, 0) is 13.0 Å². The molecule has 0 fully saturated rings. The molecule has 0 aliphatic carbocycles. The fourth-order valence-corrected chi connectivity index (χ4v) is 2.00. The third kappa shape index (κ3) is 2.84. The number of esters is 1. The summed E-state index contributed by atoms with van der Waals surface area (Å²) in [6.07, 6.45) is 0. The molecule has 0 radical (unpaired) electrons. The van der Waals surface area contributed by atoms with Crippen molar-refractivity contribution >= 4 is 16.9 Å². The van der Waals surface area contributed by atoms with Gasteiger partial charge in [-0.2, -0.15) is 0 Å². The van der Waals surface area contributed by atoms with Crippen molar-refractivity contribution in [3.8, 4) is 17.2 Å². The molecule has 1 aromatic carbocycles. The molecule has 1 aromatic heterocycles. The molecule has 6 heteroatoms. The van der Waals surface area contributed by atoms with Crippen molar-refractivity contribution in [3.05, 3.63) is 23.9 Å². The summed E-state index contributed by atoms with van der Waals surface area (Å²) >= 11 is 0. The number of rotatable bonds is 5. The van der Waals surface area contributed by atoms with E-state index in [-0.39, 0.29) is 5.69 Å². The van der Waals surface area contributed by atoms with Crippen molar-refractivity contribution < 1.29 is 23.7 Å². The van der Waals surface area contributed by atoms with Gasteiger partial charge < -0.3 is 18.9 Å². The SMILES string of the molecule is CCOc1cc(C(=O)OC)nc2c(OC)cc(OC)cc12. The molecule has 0 saturated carbocycles. The normalized spacial score (nSPS) is 10.3. The smallest absolute Gasteiger partial charge is 0.356 e. The Kier molecular flexibility index (Phi) is 4.47. The van der Waals surface area contributed by atoms with E-state index in [1.807, 2.05) is 6.92 Å². The van der Waals surface area contributed by atoms with Gasteiger partial charge in [-0.25, -0.2) is 9.78 Å². The van der Waals surface area contributed by atoms with Crippen LogP contribution in [0.3, 0.4) is 0 Å². The number of nitrogens with zero attached hydrogens (tertiary/aromatic N) is 1. The molecular formula is C15H17NO5. The van der Waals surface area contributed by atoms with Crippen molar-refractivity contribution in [1.29, 1.82) is 0 Å². The highest BCUT2D eigenvalue weighted by Gasteiger charge is 2.17. The van der Waals surface area contributed by atoms with E-state index in [9.17, 15) is 4.79 Å². The van der Waals surface area contributed by atoms with Gasteiger partial charge in [0.1, 0.15) is 22.8 Å². The quantitative estimate of drug-likeness (QED) is 0.788. The molecule has 2 rings (SSSR count). The van der Waals surface area contributed by atoms with Crippen LogP contribution in [0.1, 0.15) is 17.4 Å². The van der Waals surface area contributed by atoms with Crippen molar-refractivity contribution in [2.75, 3.05) is 27.9 Å². The number of hydrogen-bond donors (Lipinski definition) is 0. The zero-order valence-electron chi connectivity index (χ0n) is 12.4. The van der Waals surface area contributed by atoms with E-state index < -0.39 is 5.97 Å². The van der Waals surface area contributed by atoms with Crippen molar-refractivity contribution in [2.45, 2.75) is 6.92 Å². The molecule has 2 aromatic rings. The summed E-state index contributed by atoms with van der Waals surface area (Å²) in [7, 11) is 4.40. The van der Waals surface area contributed by atoms with Gasteiger partial charge in [0.2, 0.25) is 0 Å². The summed E-state index contributed by atoms with van der Waals surface area (Å²) < 4.78 is 20.9. The Morgan fingerprint density at radius 1 is 1.10 bits per heavy atom. The van der Waals surface area contributed by atoms with Gasteiger partial charge >= 0.3 is 5.97 Å².